The molecule has 0 bridgehead atoms. The molecule has 0 aliphatic carbocycles. The Balaban J connectivity index is 1.65. The number of nitrogens with one attached hydrogen (secondary N) is 1. The maximum absolute atomic E-state index is 12.6. The monoisotopic (exact) mass is 367 g/mol. The number of para-hydroxylation sites is 3. The zero-order valence-corrected chi connectivity index (χ0v) is 15.1. The first kappa shape index (κ1) is 18.6. The van der Waals surface area contributed by atoms with Gasteiger partial charge < -0.3 is 10.2 Å². The fourth-order valence-corrected chi connectivity index (χ4v) is 3.40. The molecule has 1 saturated heterocycles. The first-order chi connectivity index (χ1) is 13.0. The molecule has 7 nitrogen and oxygen atoms in total. The predicted molar refractivity (Wildman–Crippen MR) is 103 cm³/mol. The average molecular weight is 367 g/mol. The molecule has 7 heteroatoms. The summed E-state index contributed by atoms with van der Waals surface area (Å²) in [6, 6.07) is 13.6. The lowest BCUT2D eigenvalue weighted by atomic mass is 9.95. The van der Waals surface area contributed by atoms with E-state index in [1.165, 1.54) is 13.0 Å². The molecule has 140 valence electrons. The highest BCUT2D eigenvalue weighted by Gasteiger charge is 2.28. The zero-order valence-electron chi connectivity index (χ0n) is 15.1. The Hall–Kier alpha value is -3.22. The number of piperidine rings is 1. The van der Waals surface area contributed by atoms with Crippen LogP contribution in [0.5, 0.6) is 0 Å². The van der Waals surface area contributed by atoms with E-state index in [0.29, 0.717) is 42.9 Å². The summed E-state index contributed by atoms with van der Waals surface area (Å²) in [5.41, 5.74) is 1.68. The summed E-state index contributed by atoms with van der Waals surface area (Å²) < 4.78 is 0. The Kier molecular flexibility index (Phi) is 5.49. The van der Waals surface area contributed by atoms with Crippen LogP contribution in [0.25, 0.3) is 0 Å². The molecule has 1 aliphatic rings. The average Bonchev–Trinajstić information content (AvgIpc) is 2.68. The van der Waals surface area contributed by atoms with Crippen molar-refractivity contribution in [1.82, 2.24) is 0 Å². The maximum Gasteiger partial charge on any atom is 0.292 e. The van der Waals surface area contributed by atoms with Gasteiger partial charge in [0.2, 0.25) is 5.91 Å². The van der Waals surface area contributed by atoms with Crippen LogP contribution < -0.4 is 10.2 Å². The molecule has 1 fully saturated rings. The van der Waals surface area contributed by atoms with Gasteiger partial charge in [-0.05, 0) is 38.0 Å². The SMILES string of the molecule is CC(=O)c1ccccc1NC(=O)C1CCN(c2ccccc2[N+](=O)[O-])CC1. The Morgan fingerprint density at radius 3 is 2.37 bits per heavy atom. The third-order valence-electron chi connectivity index (χ3n) is 4.85. The van der Waals surface area contributed by atoms with Crippen molar-refractivity contribution in [3.8, 4) is 0 Å². The van der Waals surface area contributed by atoms with Crippen molar-refractivity contribution in [2.75, 3.05) is 23.3 Å². The summed E-state index contributed by atoms with van der Waals surface area (Å²) in [7, 11) is 0. The van der Waals surface area contributed by atoms with Gasteiger partial charge in [0.25, 0.3) is 5.69 Å². The highest BCUT2D eigenvalue weighted by atomic mass is 16.6. The molecule has 0 aromatic heterocycles. The molecule has 0 unspecified atom stereocenters. The molecule has 0 radical (unpaired) electrons. The molecular weight excluding hydrogens is 346 g/mol. The van der Waals surface area contributed by atoms with Gasteiger partial charge in [-0.1, -0.05) is 24.3 Å². The number of hydrogen-bond donors (Lipinski definition) is 1. The fraction of sp³-hybridized carbons (Fsp3) is 0.300. The summed E-state index contributed by atoms with van der Waals surface area (Å²) >= 11 is 0. The number of carbonyl (C=O) groups is 2. The molecule has 0 saturated carbocycles. The Morgan fingerprint density at radius 2 is 1.70 bits per heavy atom. The third kappa shape index (κ3) is 4.13. The molecule has 2 aromatic rings. The van der Waals surface area contributed by atoms with Crippen LogP contribution in [0.3, 0.4) is 0 Å². The number of hydrogen-bond acceptors (Lipinski definition) is 5. The van der Waals surface area contributed by atoms with E-state index in [9.17, 15) is 19.7 Å². The molecule has 2 aromatic carbocycles. The van der Waals surface area contributed by atoms with E-state index in [2.05, 4.69) is 5.32 Å². The van der Waals surface area contributed by atoms with E-state index in [1.807, 2.05) is 4.90 Å². The van der Waals surface area contributed by atoms with E-state index in [-0.39, 0.29) is 28.2 Å². The van der Waals surface area contributed by atoms with Crippen LogP contribution in [0.2, 0.25) is 0 Å². The first-order valence-corrected chi connectivity index (χ1v) is 8.86. The van der Waals surface area contributed by atoms with Gasteiger partial charge in [-0.3, -0.25) is 19.7 Å². The number of nitro groups is 1. The summed E-state index contributed by atoms with van der Waals surface area (Å²) in [4.78, 5) is 37.1. The van der Waals surface area contributed by atoms with Crippen molar-refractivity contribution in [3.63, 3.8) is 0 Å². The molecule has 3 rings (SSSR count). The fourth-order valence-electron chi connectivity index (χ4n) is 3.40. The van der Waals surface area contributed by atoms with Crippen molar-refractivity contribution >= 4 is 28.8 Å². The summed E-state index contributed by atoms with van der Waals surface area (Å²) in [5, 5.41) is 14.1. The summed E-state index contributed by atoms with van der Waals surface area (Å²) in [6.45, 7) is 2.60. The second-order valence-electron chi connectivity index (χ2n) is 6.60. The van der Waals surface area contributed by atoms with Crippen molar-refractivity contribution in [2.24, 2.45) is 5.92 Å². The number of Topliss-reactive ketones (excluding diaryl/α,β-unsaturated/α-hetero) is 1. The van der Waals surface area contributed by atoms with Gasteiger partial charge in [0.05, 0.1) is 10.6 Å². The van der Waals surface area contributed by atoms with Gasteiger partial charge in [-0.2, -0.15) is 0 Å². The van der Waals surface area contributed by atoms with Crippen LogP contribution in [0, 0.1) is 16.0 Å². The van der Waals surface area contributed by atoms with Crippen LogP contribution in [0.1, 0.15) is 30.1 Å². The highest BCUT2D eigenvalue weighted by molar-refractivity contribution is 6.04. The second-order valence-corrected chi connectivity index (χ2v) is 6.60. The lowest BCUT2D eigenvalue weighted by Crippen LogP contribution is -2.38. The molecule has 1 N–H and O–H groups in total. The van der Waals surface area contributed by atoms with Crippen LogP contribution >= 0.6 is 0 Å². The number of ketones is 1. The van der Waals surface area contributed by atoms with Crippen LogP contribution in [0.4, 0.5) is 17.1 Å². The molecule has 27 heavy (non-hydrogen) atoms. The Bertz CT molecular complexity index is 873. The number of anilines is 2. The molecular formula is C20H21N3O4. The van der Waals surface area contributed by atoms with E-state index < -0.39 is 0 Å². The lowest BCUT2D eigenvalue weighted by molar-refractivity contribution is -0.384. The minimum atomic E-state index is -0.382. The van der Waals surface area contributed by atoms with Crippen LogP contribution in [-0.2, 0) is 4.79 Å². The van der Waals surface area contributed by atoms with Crippen molar-refractivity contribution in [3.05, 3.63) is 64.2 Å². The van der Waals surface area contributed by atoms with Crippen molar-refractivity contribution in [2.45, 2.75) is 19.8 Å². The topological polar surface area (TPSA) is 92.6 Å². The smallest absolute Gasteiger partial charge is 0.292 e. The standard InChI is InChI=1S/C20H21N3O4/c1-14(24)16-6-2-3-7-17(16)21-20(25)15-10-12-22(13-11-15)18-8-4-5-9-19(18)23(26)27/h2-9,15H,10-13H2,1H3,(H,21,25). The molecule has 0 atom stereocenters. The quantitative estimate of drug-likeness (QED) is 0.495. The molecule has 0 spiro atoms. The summed E-state index contributed by atoms with van der Waals surface area (Å²) in [6.07, 6.45) is 1.19. The maximum atomic E-state index is 12.6. The number of amides is 1. The van der Waals surface area contributed by atoms with E-state index >= 15 is 0 Å². The van der Waals surface area contributed by atoms with E-state index in [1.54, 1.807) is 42.5 Å². The van der Waals surface area contributed by atoms with Crippen molar-refractivity contribution in [1.29, 1.82) is 0 Å². The number of nitrogens with zero attached hydrogens (tertiary/aromatic N) is 2. The van der Waals surface area contributed by atoms with Gasteiger partial charge in [0, 0.05) is 30.6 Å². The van der Waals surface area contributed by atoms with Gasteiger partial charge >= 0.3 is 0 Å². The van der Waals surface area contributed by atoms with E-state index in [0.717, 1.165) is 0 Å². The first-order valence-electron chi connectivity index (χ1n) is 8.86. The predicted octanol–water partition coefficient (Wildman–Crippen LogP) is 3.65. The number of rotatable bonds is 5. The minimum Gasteiger partial charge on any atom is -0.366 e. The number of benzene rings is 2. The van der Waals surface area contributed by atoms with Gasteiger partial charge in [-0.25, -0.2) is 0 Å². The van der Waals surface area contributed by atoms with Crippen molar-refractivity contribution < 1.29 is 14.5 Å². The molecule has 1 amide bonds. The van der Waals surface area contributed by atoms with Crippen LogP contribution in [0.15, 0.2) is 48.5 Å². The number of nitro benzene ring substituents is 1. The summed E-state index contributed by atoms with van der Waals surface area (Å²) in [5.74, 6) is -0.410. The zero-order chi connectivity index (χ0) is 19.4. The Labute approximate surface area is 157 Å². The van der Waals surface area contributed by atoms with E-state index in [4.69, 9.17) is 0 Å². The van der Waals surface area contributed by atoms with Gasteiger partial charge in [0.1, 0.15) is 5.69 Å². The van der Waals surface area contributed by atoms with Crippen LogP contribution in [-0.4, -0.2) is 29.7 Å². The number of carbonyl (C=O) groups excluding carboxylic acids is 2. The largest absolute Gasteiger partial charge is 0.366 e. The molecule has 1 aliphatic heterocycles. The highest BCUT2D eigenvalue weighted by Crippen LogP contribution is 2.31. The third-order valence-corrected chi connectivity index (χ3v) is 4.85. The Morgan fingerprint density at radius 1 is 1.07 bits per heavy atom. The van der Waals surface area contributed by atoms with Gasteiger partial charge in [0.15, 0.2) is 5.78 Å². The second kappa shape index (κ2) is 7.99. The van der Waals surface area contributed by atoms with Gasteiger partial charge in [-0.15, -0.1) is 0 Å². The minimum absolute atomic E-state index is 0.0794. The lowest BCUT2D eigenvalue weighted by Gasteiger charge is -2.32. The molecule has 1 heterocycles. The normalized spacial score (nSPS) is 14.6.